The van der Waals surface area contributed by atoms with Crippen molar-refractivity contribution in [3.05, 3.63) is 71.0 Å². The van der Waals surface area contributed by atoms with Crippen LogP contribution in [-0.2, 0) is 6.18 Å². The molecule has 1 aliphatic carbocycles. The minimum atomic E-state index is -4.74. The Balaban J connectivity index is 1.33. The van der Waals surface area contributed by atoms with Crippen LogP contribution in [0.15, 0.2) is 48.7 Å². The summed E-state index contributed by atoms with van der Waals surface area (Å²) in [5.74, 6) is -1.94. The van der Waals surface area contributed by atoms with Gasteiger partial charge in [-0.1, -0.05) is 11.6 Å². The lowest BCUT2D eigenvalue weighted by atomic mass is 9.90. The van der Waals surface area contributed by atoms with Gasteiger partial charge in [-0.3, -0.25) is 4.98 Å². The number of hydrogen-bond acceptors (Lipinski definition) is 4. The molecule has 0 spiro atoms. The van der Waals surface area contributed by atoms with Crippen molar-refractivity contribution in [2.75, 3.05) is 10.6 Å². The summed E-state index contributed by atoms with van der Waals surface area (Å²) in [5.41, 5.74) is 0.106. The number of rotatable bonds is 4. The summed E-state index contributed by atoms with van der Waals surface area (Å²) in [4.78, 5) is 7.79. The van der Waals surface area contributed by atoms with Crippen molar-refractivity contribution in [3.8, 4) is 0 Å². The Morgan fingerprint density at radius 1 is 0.829 bits per heavy atom. The molecule has 35 heavy (non-hydrogen) atoms. The van der Waals surface area contributed by atoms with Crippen LogP contribution >= 0.6 is 11.6 Å². The standard InChI is InChI=1S/C25H20ClF5N4/c26-13-1-6-17-19(7-8-32-20(17)9-13)33-15-2-4-16(5-3-15)34-22-12-23(25(29,30)31)35-21-11-14(27)10-18(28)24(21)22/h1,6-12,15-16H,2-5H2,(H,32,33)(H,34,35). The molecule has 1 saturated carbocycles. The molecule has 2 heterocycles. The first-order valence-electron chi connectivity index (χ1n) is 11.1. The number of aromatic nitrogens is 2. The quantitative estimate of drug-likeness (QED) is 0.280. The molecule has 2 aromatic heterocycles. The molecular formula is C25H20ClF5N4. The van der Waals surface area contributed by atoms with Crippen LogP contribution in [0.25, 0.3) is 21.8 Å². The maximum atomic E-state index is 14.5. The van der Waals surface area contributed by atoms with Gasteiger partial charge >= 0.3 is 6.18 Å². The molecule has 4 nitrogen and oxygen atoms in total. The first kappa shape index (κ1) is 23.5. The molecule has 2 aromatic carbocycles. The van der Waals surface area contributed by atoms with Gasteiger partial charge in [0, 0.05) is 52.2 Å². The van der Waals surface area contributed by atoms with E-state index in [1.807, 2.05) is 12.1 Å². The van der Waals surface area contributed by atoms with E-state index in [1.54, 1.807) is 18.3 Å². The first-order valence-corrected chi connectivity index (χ1v) is 11.5. The number of pyridine rings is 2. The minimum absolute atomic E-state index is 0.0340. The van der Waals surface area contributed by atoms with E-state index in [2.05, 4.69) is 20.6 Å². The molecule has 2 N–H and O–H groups in total. The van der Waals surface area contributed by atoms with E-state index >= 15 is 0 Å². The fourth-order valence-corrected chi connectivity index (χ4v) is 4.78. The number of fused-ring (bicyclic) bond motifs is 2. The predicted molar refractivity (Wildman–Crippen MR) is 127 cm³/mol. The highest BCUT2D eigenvalue weighted by Gasteiger charge is 2.34. The van der Waals surface area contributed by atoms with Crippen molar-refractivity contribution in [1.82, 2.24) is 9.97 Å². The van der Waals surface area contributed by atoms with E-state index in [0.717, 1.165) is 41.6 Å². The molecular weight excluding hydrogens is 487 g/mol. The third kappa shape index (κ3) is 4.96. The summed E-state index contributed by atoms with van der Waals surface area (Å²) in [6, 6.07) is 9.63. The van der Waals surface area contributed by atoms with E-state index in [4.69, 9.17) is 11.6 Å². The van der Waals surface area contributed by atoms with Crippen molar-refractivity contribution in [1.29, 1.82) is 0 Å². The van der Waals surface area contributed by atoms with Gasteiger partial charge in [-0.2, -0.15) is 13.2 Å². The molecule has 10 heteroatoms. The summed E-state index contributed by atoms with van der Waals surface area (Å²) in [6.07, 6.45) is -0.228. The molecule has 1 aliphatic rings. The summed E-state index contributed by atoms with van der Waals surface area (Å²) in [7, 11) is 0. The van der Waals surface area contributed by atoms with Crippen LogP contribution in [0, 0.1) is 11.6 Å². The highest BCUT2D eigenvalue weighted by atomic mass is 35.5. The van der Waals surface area contributed by atoms with Crippen molar-refractivity contribution < 1.29 is 22.0 Å². The Hall–Kier alpha value is -3.20. The van der Waals surface area contributed by atoms with Crippen molar-refractivity contribution in [2.24, 2.45) is 0 Å². The Bertz CT molecular complexity index is 1400. The van der Waals surface area contributed by atoms with Gasteiger partial charge in [0.1, 0.15) is 17.3 Å². The van der Waals surface area contributed by atoms with Crippen LogP contribution in [0.2, 0.25) is 5.02 Å². The Morgan fingerprint density at radius 3 is 2.20 bits per heavy atom. The number of nitrogens with zero attached hydrogens (tertiary/aromatic N) is 2. The van der Waals surface area contributed by atoms with E-state index < -0.39 is 23.5 Å². The highest BCUT2D eigenvalue weighted by molar-refractivity contribution is 6.31. The molecule has 5 rings (SSSR count). The first-order chi connectivity index (χ1) is 16.7. The topological polar surface area (TPSA) is 49.8 Å². The van der Waals surface area contributed by atoms with E-state index in [0.29, 0.717) is 23.9 Å². The number of hydrogen-bond donors (Lipinski definition) is 2. The Labute approximate surface area is 202 Å². The molecule has 182 valence electrons. The fraction of sp³-hybridized carbons (Fsp3) is 0.280. The van der Waals surface area contributed by atoms with Crippen molar-refractivity contribution in [2.45, 2.75) is 43.9 Å². The maximum absolute atomic E-state index is 14.5. The lowest BCUT2D eigenvalue weighted by Gasteiger charge is -2.31. The average molecular weight is 507 g/mol. The van der Waals surface area contributed by atoms with Gasteiger partial charge in [-0.25, -0.2) is 13.8 Å². The van der Waals surface area contributed by atoms with E-state index in [1.165, 1.54) is 0 Å². The number of benzene rings is 2. The third-order valence-corrected chi connectivity index (χ3v) is 6.50. The number of halogens is 6. The second-order valence-corrected chi connectivity index (χ2v) is 9.13. The largest absolute Gasteiger partial charge is 0.433 e. The average Bonchev–Trinajstić information content (AvgIpc) is 2.79. The summed E-state index contributed by atoms with van der Waals surface area (Å²) >= 11 is 6.06. The van der Waals surface area contributed by atoms with Gasteiger partial charge in [0.15, 0.2) is 0 Å². The molecule has 0 saturated heterocycles. The van der Waals surface area contributed by atoms with E-state index in [-0.39, 0.29) is 28.7 Å². The van der Waals surface area contributed by atoms with Gasteiger partial charge in [0.05, 0.1) is 16.4 Å². The molecule has 0 amide bonds. The number of alkyl halides is 3. The zero-order chi connectivity index (χ0) is 24.7. The molecule has 0 bridgehead atoms. The van der Waals surface area contributed by atoms with Crippen LogP contribution < -0.4 is 10.6 Å². The van der Waals surface area contributed by atoms with Crippen LogP contribution in [0.5, 0.6) is 0 Å². The fourth-order valence-electron chi connectivity index (χ4n) is 4.61. The number of anilines is 2. The molecule has 0 atom stereocenters. The normalized spacial score (nSPS) is 18.7. The Morgan fingerprint density at radius 2 is 1.51 bits per heavy atom. The molecule has 0 unspecified atom stereocenters. The Kier molecular flexibility index (Phi) is 6.13. The predicted octanol–water partition coefficient (Wildman–Crippen LogP) is 7.57. The van der Waals surface area contributed by atoms with Gasteiger partial charge < -0.3 is 10.6 Å². The van der Waals surface area contributed by atoms with E-state index in [9.17, 15) is 22.0 Å². The third-order valence-electron chi connectivity index (χ3n) is 6.27. The van der Waals surface area contributed by atoms with Crippen LogP contribution in [0.4, 0.5) is 33.3 Å². The van der Waals surface area contributed by atoms with Gasteiger partial charge in [-0.15, -0.1) is 0 Å². The maximum Gasteiger partial charge on any atom is 0.433 e. The van der Waals surface area contributed by atoms with Gasteiger partial charge in [0.25, 0.3) is 0 Å². The highest BCUT2D eigenvalue weighted by Crippen LogP contribution is 2.36. The van der Waals surface area contributed by atoms with Crippen LogP contribution in [0.1, 0.15) is 31.4 Å². The van der Waals surface area contributed by atoms with Crippen molar-refractivity contribution >= 4 is 44.8 Å². The van der Waals surface area contributed by atoms with Gasteiger partial charge in [-0.05, 0) is 56.0 Å². The van der Waals surface area contributed by atoms with Gasteiger partial charge in [0.2, 0.25) is 0 Å². The lowest BCUT2D eigenvalue weighted by molar-refractivity contribution is -0.140. The lowest BCUT2D eigenvalue weighted by Crippen LogP contribution is -2.32. The molecule has 0 radical (unpaired) electrons. The SMILES string of the molecule is Fc1cc(F)c2c(NC3CCC(Nc4ccnc5cc(Cl)ccc45)CC3)cc(C(F)(F)F)nc2c1. The summed E-state index contributed by atoms with van der Waals surface area (Å²) in [6.45, 7) is 0. The molecule has 0 aliphatic heterocycles. The number of nitrogens with one attached hydrogen (secondary N) is 2. The second-order valence-electron chi connectivity index (χ2n) is 8.69. The van der Waals surface area contributed by atoms with Crippen LogP contribution in [0.3, 0.4) is 0 Å². The zero-order valence-corrected chi connectivity index (χ0v) is 19.0. The smallest absolute Gasteiger partial charge is 0.382 e. The van der Waals surface area contributed by atoms with Crippen LogP contribution in [-0.4, -0.2) is 22.1 Å². The zero-order valence-electron chi connectivity index (χ0n) is 18.3. The minimum Gasteiger partial charge on any atom is -0.382 e. The molecule has 4 aromatic rings. The monoisotopic (exact) mass is 506 g/mol. The molecule has 1 fully saturated rings. The van der Waals surface area contributed by atoms with Crippen molar-refractivity contribution in [3.63, 3.8) is 0 Å². The summed E-state index contributed by atoms with van der Waals surface area (Å²) in [5, 5.41) is 7.99. The second kappa shape index (κ2) is 9.11. The summed E-state index contributed by atoms with van der Waals surface area (Å²) < 4.78 is 68.3.